The number of hydrogen-bond acceptors (Lipinski definition) is 3. The summed E-state index contributed by atoms with van der Waals surface area (Å²) in [5.74, 6) is 0. The smallest absolute Gasteiger partial charge is 0.0992 e. The van der Waals surface area contributed by atoms with E-state index in [1.807, 2.05) is 30.1 Å². The van der Waals surface area contributed by atoms with Gasteiger partial charge in [-0.05, 0) is 42.0 Å². The number of nitrogens with zero attached hydrogens (tertiary/aromatic N) is 3. The van der Waals surface area contributed by atoms with Gasteiger partial charge in [0.1, 0.15) is 0 Å². The minimum Gasteiger partial charge on any atom is -0.370 e. The van der Waals surface area contributed by atoms with Crippen LogP contribution in [0.2, 0.25) is 5.02 Å². The van der Waals surface area contributed by atoms with Crippen molar-refractivity contribution in [2.24, 2.45) is 0 Å². The van der Waals surface area contributed by atoms with E-state index in [1.54, 1.807) is 24.3 Å². The van der Waals surface area contributed by atoms with Gasteiger partial charge in [0.25, 0.3) is 0 Å². The molecule has 2 aromatic rings. The van der Waals surface area contributed by atoms with Crippen molar-refractivity contribution in [3.8, 4) is 12.1 Å². The molecule has 3 nitrogen and oxygen atoms in total. The number of benzene rings is 2. The van der Waals surface area contributed by atoms with Crippen molar-refractivity contribution in [3.63, 3.8) is 0 Å². The van der Waals surface area contributed by atoms with E-state index in [2.05, 4.69) is 12.1 Å². The first-order valence-corrected chi connectivity index (χ1v) is 6.41. The predicted octanol–water partition coefficient (Wildman–Crippen LogP) is 3.72. The number of rotatable bonds is 3. The summed E-state index contributed by atoms with van der Waals surface area (Å²) in [5.41, 5.74) is 3.15. The maximum absolute atomic E-state index is 8.82. The lowest BCUT2D eigenvalue weighted by atomic mass is 10.1. The maximum atomic E-state index is 8.82. The van der Waals surface area contributed by atoms with Gasteiger partial charge in [-0.1, -0.05) is 17.7 Å². The summed E-state index contributed by atoms with van der Waals surface area (Å²) in [6.07, 6.45) is 0. The van der Waals surface area contributed by atoms with Gasteiger partial charge in [-0.25, -0.2) is 0 Å². The lowest BCUT2D eigenvalue weighted by Gasteiger charge is -2.20. The quantitative estimate of drug-likeness (QED) is 0.861. The standard InChI is InChI=1S/C16H12ClN3/c1-20(15-6-3-12(9-18)4-7-15)11-14-5-2-13(10-19)8-16(14)17/h2-8H,11H2,1H3. The molecule has 0 bridgehead atoms. The minimum atomic E-state index is 0.555. The predicted molar refractivity (Wildman–Crippen MR) is 79.4 cm³/mol. The Kier molecular flexibility index (Phi) is 4.25. The monoisotopic (exact) mass is 281 g/mol. The highest BCUT2D eigenvalue weighted by Gasteiger charge is 2.06. The second-order valence-corrected chi connectivity index (χ2v) is 4.84. The van der Waals surface area contributed by atoms with Crippen LogP contribution in [0.15, 0.2) is 42.5 Å². The van der Waals surface area contributed by atoms with E-state index in [1.165, 1.54) is 0 Å². The zero-order valence-electron chi connectivity index (χ0n) is 11.0. The van der Waals surface area contributed by atoms with Gasteiger partial charge in [0.15, 0.2) is 0 Å². The summed E-state index contributed by atoms with van der Waals surface area (Å²) in [6, 6.07) is 16.8. The van der Waals surface area contributed by atoms with Crippen LogP contribution in [0.5, 0.6) is 0 Å². The van der Waals surface area contributed by atoms with Crippen molar-refractivity contribution in [2.75, 3.05) is 11.9 Å². The molecule has 20 heavy (non-hydrogen) atoms. The van der Waals surface area contributed by atoms with E-state index >= 15 is 0 Å². The molecule has 0 aromatic heterocycles. The molecule has 0 saturated heterocycles. The van der Waals surface area contributed by atoms with Gasteiger partial charge in [-0.15, -0.1) is 0 Å². The van der Waals surface area contributed by atoms with Crippen molar-refractivity contribution in [2.45, 2.75) is 6.54 Å². The lowest BCUT2D eigenvalue weighted by Crippen LogP contribution is -2.16. The highest BCUT2D eigenvalue weighted by Crippen LogP contribution is 2.22. The molecule has 98 valence electrons. The van der Waals surface area contributed by atoms with E-state index in [0.29, 0.717) is 22.7 Å². The summed E-state index contributed by atoms with van der Waals surface area (Å²) < 4.78 is 0. The van der Waals surface area contributed by atoms with E-state index in [-0.39, 0.29) is 0 Å². The van der Waals surface area contributed by atoms with Crippen LogP contribution in [-0.2, 0) is 6.54 Å². The number of halogens is 1. The van der Waals surface area contributed by atoms with E-state index in [0.717, 1.165) is 11.3 Å². The van der Waals surface area contributed by atoms with Crippen molar-refractivity contribution in [1.82, 2.24) is 0 Å². The maximum Gasteiger partial charge on any atom is 0.0992 e. The molecule has 2 aromatic carbocycles. The van der Waals surface area contributed by atoms with Crippen LogP contribution in [0.3, 0.4) is 0 Å². The molecular weight excluding hydrogens is 270 g/mol. The summed E-state index contributed by atoms with van der Waals surface area (Å²) in [6.45, 7) is 0.635. The second kappa shape index (κ2) is 6.10. The van der Waals surface area contributed by atoms with Crippen LogP contribution < -0.4 is 4.90 Å². The van der Waals surface area contributed by atoms with Gasteiger partial charge in [0, 0.05) is 24.3 Å². The third-order valence-electron chi connectivity index (χ3n) is 3.03. The molecule has 0 amide bonds. The lowest BCUT2D eigenvalue weighted by molar-refractivity contribution is 0.923. The average Bonchev–Trinajstić information content (AvgIpc) is 2.49. The fourth-order valence-electron chi connectivity index (χ4n) is 1.88. The Morgan fingerprint density at radius 1 is 1.00 bits per heavy atom. The molecule has 0 atom stereocenters. The molecule has 0 fully saturated rings. The third-order valence-corrected chi connectivity index (χ3v) is 3.38. The van der Waals surface area contributed by atoms with E-state index in [4.69, 9.17) is 22.1 Å². The average molecular weight is 282 g/mol. The molecule has 0 saturated carbocycles. The molecule has 0 aliphatic carbocycles. The van der Waals surface area contributed by atoms with Crippen LogP contribution in [0, 0.1) is 22.7 Å². The van der Waals surface area contributed by atoms with E-state index < -0.39 is 0 Å². The molecule has 4 heteroatoms. The molecule has 2 rings (SSSR count). The van der Waals surface area contributed by atoms with Gasteiger partial charge in [-0.3, -0.25) is 0 Å². The first-order chi connectivity index (χ1) is 9.63. The van der Waals surface area contributed by atoms with Crippen molar-refractivity contribution >= 4 is 17.3 Å². The topological polar surface area (TPSA) is 50.8 Å². The van der Waals surface area contributed by atoms with Gasteiger partial charge in [-0.2, -0.15) is 10.5 Å². The molecule has 0 unspecified atom stereocenters. The summed E-state index contributed by atoms with van der Waals surface area (Å²) in [7, 11) is 1.95. The molecule has 0 spiro atoms. The Morgan fingerprint density at radius 3 is 2.15 bits per heavy atom. The molecular formula is C16H12ClN3. The zero-order chi connectivity index (χ0) is 14.5. The van der Waals surface area contributed by atoms with Crippen LogP contribution in [0.4, 0.5) is 5.69 Å². The summed E-state index contributed by atoms with van der Waals surface area (Å²) in [4.78, 5) is 2.04. The van der Waals surface area contributed by atoms with Crippen LogP contribution in [0.25, 0.3) is 0 Å². The number of anilines is 1. The Bertz CT molecular complexity index is 693. The highest BCUT2D eigenvalue weighted by molar-refractivity contribution is 6.31. The fourth-order valence-corrected chi connectivity index (χ4v) is 2.12. The molecule has 0 aliphatic rings. The van der Waals surface area contributed by atoms with Crippen molar-refractivity contribution in [1.29, 1.82) is 10.5 Å². The largest absolute Gasteiger partial charge is 0.370 e. The van der Waals surface area contributed by atoms with Gasteiger partial charge in [0.2, 0.25) is 0 Å². The molecule has 0 heterocycles. The summed E-state index contributed by atoms with van der Waals surface area (Å²) in [5, 5.41) is 18.2. The van der Waals surface area contributed by atoms with Crippen molar-refractivity contribution < 1.29 is 0 Å². The molecule has 0 aliphatic heterocycles. The van der Waals surface area contributed by atoms with Crippen LogP contribution >= 0.6 is 11.6 Å². The fraction of sp³-hybridized carbons (Fsp3) is 0.125. The number of hydrogen-bond donors (Lipinski definition) is 0. The first-order valence-electron chi connectivity index (χ1n) is 6.04. The SMILES string of the molecule is CN(Cc1ccc(C#N)cc1Cl)c1ccc(C#N)cc1. The Balaban J connectivity index is 2.17. The summed E-state index contributed by atoms with van der Waals surface area (Å²) >= 11 is 6.17. The van der Waals surface area contributed by atoms with Crippen LogP contribution in [0.1, 0.15) is 16.7 Å². The Labute approximate surface area is 123 Å². The Morgan fingerprint density at radius 2 is 1.60 bits per heavy atom. The number of nitriles is 2. The molecule has 0 radical (unpaired) electrons. The zero-order valence-corrected chi connectivity index (χ0v) is 11.7. The Hall–Kier alpha value is -2.49. The van der Waals surface area contributed by atoms with Gasteiger partial charge < -0.3 is 4.90 Å². The van der Waals surface area contributed by atoms with Gasteiger partial charge >= 0.3 is 0 Å². The van der Waals surface area contributed by atoms with Crippen molar-refractivity contribution in [3.05, 3.63) is 64.2 Å². The van der Waals surface area contributed by atoms with Crippen LogP contribution in [-0.4, -0.2) is 7.05 Å². The van der Waals surface area contributed by atoms with E-state index in [9.17, 15) is 0 Å². The van der Waals surface area contributed by atoms with Gasteiger partial charge in [0.05, 0.1) is 23.3 Å². The minimum absolute atomic E-state index is 0.555. The normalized spacial score (nSPS) is 9.60. The highest BCUT2D eigenvalue weighted by atomic mass is 35.5. The molecule has 0 N–H and O–H groups in total. The first kappa shape index (κ1) is 13.9. The third kappa shape index (κ3) is 3.09. The second-order valence-electron chi connectivity index (χ2n) is 4.43.